The summed E-state index contributed by atoms with van der Waals surface area (Å²) in [5.41, 5.74) is 0. The van der Waals surface area contributed by atoms with Crippen molar-refractivity contribution in [1.29, 1.82) is 0 Å². The van der Waals surface area contributed by atoms with E-state index in [2.05, 4.69) is 13.5 Å². The van der Waals surface area contributed by atoms with Gasteiger partial charge in [0.1, 0.15) is 0 Å². The standard InChI is InChI=1S/C8H10O2SSe/c1-3-4-10-8(9)7-5-12-6(2)11-7/h3,5-6H,1,4H2,2H3. The van der Waals surface area contributed by atoms with Gasteiger partial charge in [0.15, 0.2) is 0 Å². The molecule has 0 amide bonds. The van der Waals surface area contributed by atoms with Crippen molar-refractivity contribution >= 4 is 32.7 Å². The molecular formula is C8H10O2SSe. The molecule has 0 N–H and O–H groups in total. The Hall–Kier alpha value is -0.181. The molecule has 0 fully saturated rings. The number of carbonyl (C=O) groups is 1. The van der Waals surface area contributed by atoms with E-state index in [1.165, 1.54) is 0 Å². The van der Waals surface area contributed by atoms with Crippen molar-refractivity contribution in [2.75, 3.05) is 6.61 Å². The van der Waals surface area contributed by atoms with Crippen LogP contribution in [0.25, 0.3) is 0 Å². The van der Waals surface area contributed by atoms with Crippen molar-refractivity contribution in [3.8, 4) is 0 Å². The first-order chi connectivity index (χ1) is 5.74. The van der Waals surface area contributed by atoms with Gasteiger partial charge >= 0.3 is 82.4 Å². The molecular weight excluding hydrogens is 239 g/mol. The van der Waals surface area contributed by atoms with Gasteiger partial charge in [-0.05, 0) is 0 Å². The van der Waals surface area contributed by atoms with E-state index in [4.69, 9.17) is 4.74 Å². The van der Waals surface area contributed by atoms with E-state index < -0.39 is 0 Å². The molecule has 0 aromatic heterocycles. The van der Waals surface area contributed by atoms with Crippen LogP contribution in [-0.4, -0.2) is 31.7 Å². The van der Waals surface area contributed by atoms with Gasteiger partial charge in [-0.1, -0.05) is 0 Å². The quantitative estimate of drug-likeness (QED) is 0.429. The summed E-state index contributed by atoms with van der Waals surface area (Å²) in [5.74, 6) is -0.203. The zero-order valence-electron chi connectivity index (χ0n) is 6.78. The van der Waals surface area contributed by atoms with E-state index in [9.17, 15) is 4.79 Å². The second-order valence-electron chi connectivity index (χ2n) is 2.19. The van der Waals surface area contributed by atoms with Crippen LogP contribution in [0.5, 0.6) is 0 Å². The monoisotopic (exact) mass is 250 g/mol. The zero-order valence-corrected chi connectivity index (χ0v) is 9.31. The Morgan fingerprint density at radius 3 is 3.25 bits per heavy atom. The van der Waals surface area contributed by atoms with Gasteiger partial charge in [-0.25, -0.2) is 0 Å². The molecule has 1 aliphatic heterocycles. The van der Waals surface area contributed by atoms with Gasteiger partial charge < -0.3 is 0 Å². The minimum absolute atomic E-state index is 0.203. The van der Waals surface area contributed by atoms with Crippen molar-refractivity contribution < 1.29 is 9.53 Å². The van der Waals surface area contributed by atoms with Crippen LogP contribution in [0.1, 0.15) is 6.92 Å². The van der Waals surface area contributed by atoms with E-state index in [0.29, 0.717) is 25.7 Å². The molecule has 1 rings (SSSR count). The molecule has 2 nitrogen and oxygen atoms in total. The third-order valence-electron chi connectivity index (χ3n) is 1.19. The van der Waals surface area contributed by atoms with E-state index >= 15 is 0 Å². The fourth-order valence-corrected chi connectivity index (χ4v) is 4.11. The van der Waals surface area contributed by atoms with Crippen LogP contribution in [0.3, 0.4) is 0 Å². The van der Waals surface area contributed by atoms with Crippen molar-refractivity contribution in [2.24, 2.45) is 0 Å². The van der Waals surface area contributed by atoms with E-state index in [-0.39, 0.29) is 5.97 Å². The molecule has 0 aromatic carbocycles. The predicted molar refractivity (Wildman–Crippen MR) is 52.0 cm³/mol. The maximum atomic E-state index is 11.2. The topological polar surface area (TPSA) is 26.3 Å². The summed E-state index contributed by atoms with van der Waals surface area (Å²) in [7, 11) is 0. The average Bonchev–Trinajstić information content (AvgIpc) is 2.47. The van der Waals surface area contributed by atoms with Crippen LogP contribution in [0.15, 0.2) is 22.5 Å². The number of carbonyl (C=O) groups excluding carboxylic acids is 1. The molecule has 0 aliphatic carbocycles. The fourth-order valence-electron chi connectivity index (χ4n) is 0.694. The zero-order chi connectivity index (χ0) is 8.97. The van der Waals surface area contributed by atoms with Crippen molar-refractivity contribution in [3.63, 3.8) is 0 Å². The average molecular weight is 249 g/mol. The first-order valence-electron chi connectivity index (χ1n) is 3.54. The van der Waals surface area contributed by atoms with Crippen LogP contribution in [-0.2, 0) is 9.53 Å². The molecule has 0 aromatic rings. The Morgan fingerprint density at radius 1 is 2.00 bits per heavy atom. The van der Waals surface area contributed by atoms with Gasteiger partial charge in [0.2, 0.25) is 0 Å². The molecule has 66 valence electrons. The third-order valence-corrected chi connectivity index (χ3v) is 5.17. The van der Waals surface area contributed by atoms with Gasteiger partial charge in [0.05, 0.1) is 0 Å². The van der Waals surface area contributed by atoms with Crippen molar-refractivity contribution in [1.82, 2.24) is 0 Å². The van der Waals surface area contributed by atoms with Crippen LogP contribution < -0.4 is 0 Å². The number of esters is 1. The molecule has 0 radical (unpaired) electrons. The Kier molecular flexibility index (Phi) is 3.92. The van der Waals surface area contributed by atoms with Crippen molar-refractivity contribution in [3.05, 3.63) is 22.5 Å². The second kappa shape index (κ2) is 4.75. The van der Waals surface area contributed by atoms with Crippen LogP contribution >= 0.6 is 11.8 Å². The summed E-state index contributed by atoms with van der Waals surface area (Å²) in [4.78, 5) is 14.0. The number of thioether (sulfide) groups is 1. The molecule has 1 unspecified atom stereocenters. The molecule has 1 aliphatic rings. The Morgan fingerprint density at radius 2 is 2.75 bits per heavy atom. The molecule has 0 saturated carbocycles. The summed E-state index contributed by atoms with van der Waals surface area (Å²) in [5, 5.41) is 0. The number of ether oxygens (including phenoxy) is 1. The van der Waals surface area contributed by atoms with Crippen LogP contribution in [0.2, 0.25) is 0 Å². The predicted octanol–water partition coefficient (Wildman–Crippen LogP) is 1.35. The van der Waals surface area contributed by atoms with Gasteiger partial charge in [-0.15, -0.1) is 0 Å². The Balaban J connectivity index is 2.38. The van der Waals surface area contributed by atoms with E-state index in [1.807, 2.05) is 4.97 Å². The third kappa shape index (κ3) is 2.70. The molecule has 0 spiro atoms. The summed E-state index contributed by atoms with van der Waals surface area (Å²) < 4.78 is 5.46. The van der Waals surface area contributed by atoms with Gasteiger partial charge in [-0.3, -0.25) is 0 Å². The van der Waals surface area contributed by atoms with Gasteiger partial charge in [-0.2, -0.15) is 0 Å². The molecule has 1 heterocycles. The first kappa shape index (κ1) is 9.90. The second-order valence-corrected chi connectivity index (χ2v) is 6.80. The van der Waals surface area contributed by atoms with Gasteiger partial charge in [0, 0.05) is 0 Å². The Labute approximate surface area is 82.6 Å². The van der Waals surface area contributed by atoms with E-state index in [1.54, 1.807) is 17.8 Å². The molecule has 12 heavy (non-hydrogen) atoms. The number of hydrogen-bond acceptors (Lipinski definition) is 3. The molecule has 4 heteroatoms. The minimum atomic E-state index is -0.203. The summed E-state index contributed by atoms with van der Waals surface area (Å²) in [6.07, 6.45) is 1.58. The number of rotatable bonds is 3. The Bertz CT molecular complexity index is 225. The molecule has 1 atom stereocenters. The van der Waals surface area contributed by atoms with Gasteiger partial charge in [0.25, 0.3) is 0 Å². The summed E-state index contributed by atoms with van der Waals surface area (Å²) in [6.45, 7) is 5.90. The maximum absolute atomic E-state index is 11.2. The first-order valence-corrected chi connectivity index (χ1v) is 6.40. The van der Waals surface area contributed by atoms with Crippen molar-refractivity contribution in [2.45, 2.75) is 11.1 Å². The SMILES string of the molecule is C=CCOC(=O)C1=C[Se]C(C)S1. The fraction of sp³-hybridized carbons (Fsp3) is 0.375. The summed E-state index contributed by atoms with van der Waals surface area (Å²) >= 11 is 2.06. The molecule has 0 bridgehead atoms. The van der Waals surface area contributed by atoms with Crippen LogP contribution in [0, 0.1) is 0 Å². The normalized spacial score (nSPS) is 21.8. The van der Waals surface area contributed by atoms with E-state index in [0.717, 1.165) is 4.91 Å². The van der Waals surface area contributed by atoms with Crippen LogP contribution in [0.4, 0.5) is 0 Å². The summed E-state index contributed by atoms with van der Waals surface area (Å²) in [6, 6.07) is 0. The molecule has 0 saturated heterocycles. The number of hydrogen-bond donors (Lipinski definition) is 0.